The van der Waals surface area contributed by atoms with Crippen molar-refractivity contribution in [2.75, 3.05) is 5.75 Å². The van der Waals surface area contributed by atoms with E-state index in [1.165, 1.54) is 12.1 Å². The second kappa shape index (κ2) is 9.44. The maximum Gasteiger partial charge on any atom is 0.185 e. The molecule has 2 aromatic rings. The Morgan fingerprint density at radius 1 is 0.900 bits per heavy atom. The van der Waals surface area contributed by atoms with Gasteiger partial charge < -0.3 is 5.11 Å². The van der Waals surface area contributed by atoms with Gasteiger partial charge in [0.15, 0.2) is 15.6 Å². The van der Waals surface area contributed by atoms with Gasteiger partial charge in [-0.3, -0.25) is 4.79 Å². The van der Waals surface area contributed by atoms with Crippen LogP contribution in [0.1, 0.15) is 85.9 Å². The van der Waals surface area contributed by atoms with Crippen LogP contribution in [0.2, 0.25) is 0 Å². The molecule has 164 valence electrons. The minimum atomic E-state index is -3.79. The number of carbonyl (C=O) groups is 1. The number of hydrogen-bond acceptors (Lipinski definition) is 4. The summed E-state index contributed by atoms with van der Waals surface area (Å²) in [6.45, 7) is 13.8. The van der Waals surface area contributed by atoms with Crippen molar-refractivity contribution in [1.82, 2.24) is 0 Å². The van der Waals surface area contributed by atoms with Crippen molar-refractivity contribution in [2.45, 2.75) is 77.7 Å². The van der Waals surface area contributed by atoms with Crippen LogP contribution < -0.4 is 0 Å². The van der Waals surface area contributed by atoms with Gasteiger partial charge in [-0.05, 0) is 72.6 Å². The Hall–Kier alpha value is -1.98. The third-order valence-electron chi connectivity index (χ3n) is 5.49. The summed E-state index contributed by atoms with van der Waals surface area (Å²) >= 11 is 0. The molecule has 30 heavy (non-hydrogen) atoms. The molecule has 2 aromatic carbocycles. The summed E-state index contributed by atoms with van der Waals surface area (Å²) in [5.41, 5.74) is 5.70. The summed E-state index contributed by atoms with van der Waals surface area (Å²) in [4.78, 5) is 13.0. The highest BCUT2D eigenvalue weighted by atomic mass is 32.2. The zero-order valence-corrected chi connectivity index (χ0v) is 19.9. The normalized spacial score (nSPS) is 13.1. The first-order valence-corrected chi connectivity index (χ1v) is 12.1. The van der Waals surface area contributed by atoms with Crippen molar-refractivity contribution in [3.63, 3.8) is 0 Å². The van der Waals surface area contributed by atoms with E-state index in [9.17, 15) is 18.3 Å². The van der Waals surface area contributed by atoms with Gasteiger partial charge in [0, 0.05) is 6.42 Å². The molecule has 5 heteroatoms. The number of ketones is 1. The van der Waals surface area contributed by atoms with Gasteiger partial charge in [-0.25, -0.2) is 8.42 Å². The van der Waals surface area contributed by atoms with Crippen molar-refractivity contribution in [3.05, 3.63) is 63.7 Å². The molecule has 0 radical (unpaired) electrons. The average Bonchev–Trinajstić information content (AvgIpc) is 2.61. The zero-order valence-electron chi connectivity index (χ0n) is 19.1. The van der Waals surface area contributed by atoms with Crippen molar-refractivity contribution >= 4 is 15.6 Å². The van der Waals surface area contributed by atoms with E-state index in [0.29, 0.717) is 5.56 Å². The predicted octanol–water partition coefficient (Wildman–Crippen LogP) is 5.19. The van der Waals surface area contributed by atoms with E-state index < -0.39 is 21.7 Å². The van der Waals surface area contributed by atoms with E-state index in [-0.39, 0.29) is 28.9 Å². The molecule has 1 unspecified atom stereocenters. The lowest BCUT2D eigenvalue weighted by molar-refractivity contribution is -0.116. The van der Waals surface area contributed by atoms with E-state index in [1.54, 1.807) is 13.0 Å². The van der Waals surface area contributed by atoms with Crippen LogP contribution in [0.3, 0.4) is 0 Å². The summed E-state index contributed by atoms with van der Waals surface area (Å²) in [7, 11) is -3.79. The highest BCUT2D eigenvalue weighted by Crippen LogP contribution is 2.30. The van der Waals surface area contributed by atoms with Gasteiger partial charge in [0.05, 0.1) is 11.0 Å². The number of Topliss-reactive ketones (excluding diaryl/α,β-unsaturated/α-hetero) is 1. The van der Waals surface area contributed by atoms with Gasteiger partial charge >= 0.3 is 0 Å². The SMILES string of the molecule is Cc1cc(C(C)C)c(CC(=O)CS(=O)(=O)c2ccc(C)c(C(C)O)c2)c(C(C)C)c1. The minimum absolute atomic E-state index is 0.0782. The summed E-state index contributed by atoms with van der Waals surface area (Å²) in [5, 5.41) is 9.90. The number of aryl methyl sites for hydroxylation is 2. The number of carbonyl (C=O) groups excluding carboxylic acids is 1. The number of sulfone groups is 1. The summed E-state index contributed by atoms with van der Waals surface area (Å²) in [6, 6.07) is 8.86. The molecule has 0 aliphatic heterocycles. The molecule has 0 aliphatic rings. The van der Waals surface area contributed by atoms with Gasteiger partial charge in [0.25, 0.3) is 0 Å². The molecular formula is C25H34O4S. The maximum atomic E-state index is 12.9. The minimum Gasteiger partial charge on any atom is -0.389 e. The van der Waals surface area contributed by atoms with E-state index in [4.69, 9.17) is 0 Å². The first-order valence-electron chi connectivity index (χ1n) is 10.5. The second-order valence-corrected chi connectivity index (χ2v) is 10.9. The van der Waals surface area contributed by atoms with Crippen LogP contribution in [0.4, 0.5) is 0 Å². The Balaban J connectivity index is 2.37. The topological polar surface area (TPSA) is 71.4 Å². The molecule has 0 aromatic heterocycles. The molecule has 0 bridgehead atoms. The molecule has 0 amide bonds. The molecule has 0 aliphatic carbocycles. The molecule has 1 N–H and O–H groups in total. The van der Waals surface area contributed by atoms with Crippen molar-refractivity contribution in [3.8, 4) is 0 Å². The lowest BCUT2D eigenvalue weighted by Gasteiger charge is -2.20. The van der Waals surface area contributed by atoms with E-state index in [1.807, 2.05) is 13.8 Å². The molecule has 0 heterocycles. The number of aliphatic hydroxyl groups excluding tert-OH is 1. The Kier molecular flexibility index (Phi) is 7.64. The van der Waals surface area contributed by atoms with Crippen molar-refractivity contribution in [1.29, 1.82) is 0 Å². The van der Waals surface area contributed by atoms with Gasteiger partial charge in [-0.15, -0.1) is 0 Å². The van der Waals surface area contributed by atoms with Crippen LogP contribution in [0.15, 0.2) is 35.2 Å². The van der Waals surface area contributed by atoms with Gasteiger partial charge in [-0.1, -0.05) is 51.5 Å². The van der Waals surface area contributed by atoms with Gasteiger partial charge in [-0.2, -0.15) is 0 Å². The van der Waals surface area contributed by atoms with Crippen LogP contribution in [0.5, 0.6) is 0 Å². The molecule has 0 fully saturated rings. The fourth-order valence-corrected chi connectivity index (χ4v) is 5.19. The molecule has 2 rings (SSSR count). The van der Waals surface area contributed by atoms with Crippen LogP contribution in [0.25, 0.3) is 0 Å². The first kappa shape index (κ1) is 24.3. The van der Waals surface area contributed by atoms with Crippen LogP contribution in [-0.4, -0.2) is 25.1 Å². The monoisotopic (exact) mass is 430 g/mol. The van der Waals surface area contributed by atoms with E-state index in [2.05, 4.69) is 39.8 Å². The maximum absolute atomic E-state index is 12.9. The Labute approximate surface area is 181 Å². The Bertz CT molecular complexity index is 1000. The smallest absolute Gasteiger partial charge is 0.185 e. The van der Waals surface area contributed by atoms with Crippen molar-refractivity contribution < 1.29 is 18.3 Å². The largest absolute Gasteiger partial charge is 0.389 e. The lowest BCUT2D eigenvalue weighted by atomic mass is 9.85. The molecule has 1 atom stereocenters. The lowest BCUT2D eigenvalue weighted by Crippen LogP contribution is -2.20. The number of hydrogen-bond donors (Lipinski definition) is 1. The highest BCUT2D eigenvalue weighted by molar-refractivity contribution is 7.92. The zero-order chi connectivity index (χ0) is 22.8. The quantitative estimate of drug-likeness (QED) is 0.626. The fourth-order valence-electron chi connectivity index (χ4n) is 3.91. The van der Waals surface area contributed by atoms with Crippen LogP contribution in [-0.2, 0) is 21.1 Å². The third-order valence-corrected chi connectivity index (χ3v) is 7.17. The number of benzene rings is 2. The third kappa shape index (κ3) is 5.58. The fraction of sp³-hybridized carbons (Fsp3) is 0.480. The van der Waals surface area contributed by atoms with Crippen molar-refractivity contribution in [2.24, 2.45) is 0 Å². The van der Waals surface area contributed by atoms with E-state index >= 15 is 0 Å². The van der Waals surface area contributed by atoms with E-state index in [0.717, 1.165) is 27.8 Å². The summed E-state index contributed by atoms with van der Waals surface area (Å²) < 4.78 is 25.8. The highest BCUT2D eigenvalue weighted by Gasteiger charge is 2.24. The van der Waals surface area contributed by atoms with Gasteiger partial charge in [0.2, 0.25) is 0 Å². The predicted molar refractivity (Wildman–Crippen MR) is 122 cm³/mol. The molecular weight excluding hydrogens is 396 g/mol. The van der Waals surface area contributed by atoms with Crippen LogP contribution >= 0.6 is 0 Å². The molecule has 0 saturated heterocycles. The standard InChI is InChI=1S/C25H34O4S/c1-15(2)22-10-17(5)11-23(16(3)4)25(22)12-20(27)14-30(28,29)21-9-8-18(6)24(13-21)19(7)26/h8-11,13,15-16,19,26H,12,14H2,1-7H3. The summed E-state index contributed by atoms with van der Waals surface area (Å²) in [6.07, 6.45) is -0.666. The Morgan fingerprint density at radius 2 is 1.43 bits per heavy atom. The van der Waals surface area contributed by atoms with Gasteiger partial charge in [0.1, 0.15) is 5.75 Å². The molecule has 0 spiro atoms. The average molecular weight is 431 g/mol. The molecule has 4 nitrogen and oxygen atoms in total. The van der Waals surface area contributed by atoms with Crippen LogP contribution in [0, 0.1) is 13.8 Å². The Morgan fingerprint density at radius 3 is 1.90 bits per heavy atom. The second-order valence-electron chi connectivity index (χ2n) is 8.90. The number of rotatable bonds is 8. The first-order chi connectivity index (χ1) is 13.8. The summed E-state index contributed by atoms with van der Waals surface area (Å²) in [5.74, 6) is -0.375. The molecule has 0 saturated carbocycles. The number of aliphatic hydroxyl groups is 1.